The van der Waals surface area contributed by atoms with Crippen LogP contribution in [0.15, 0.2) is 48.5 Å². The van der Waals surface area contributed by atoms with Crippen molar-refractivity contribution in [2.24, 2.45) is 5.92 Å². The van der Waals surface area contributed by atoms with Gasteiger partial charge < -0.3 is 10.0 Å². The van der Waals surface area contributed by atoms with Gasteiger partial charge in [-0.3, -0.25) is 14.5 Å². The lowest BCUT2D eigenvalue weighted by Gasteiger charge is -2.41. The van der Waals surface area contributed by atoms with Gasteiger partial charge in [0, 0.05) is 24.2 Å². The monoisotopic (exact) mass is 534 g/mol. The first-order chi connectivity index (χ1) is 16.8. The Balaban J connectivity index is 1.30. The van der Waals surface area contributed by atoms with Crippen molar-refractivity contribution in [3.05, 3.63) is 74.7 Å². The van der Waals surface area contributed by atoms with Crippen molar-refractivity contribution in [3.8, 4) is 0 Å². The van der Waals surface area contributed by atoms with Crippen LogP contribution in [-0.4, -0.2) is 59.0 Å². The third-order valence-electron chi connectivity index (χ3n) is 7.18. The zero-order valence-corrected chi connectivity index (χ0v) is 21.6. The number of carbonyl (C=O) groups excluding carboxylic acids is 1. The summed E-state index contributed by atoms with van der Waals surface area (Å²) in [6.45, 7) is 2.63. The zero-order valence-electron chi connectivity index (χ0n) is 19.4. The van der Waals surface area contributed by atoms with E-state index in [1.165, 1.54) is 11.6 Å². The molecule has 2 aliphatic heterocycles. The van der Waals surface area contributed by atoms with Gasteiger partial charge in [0.05, 0.1) is 10.0 Å². The molecule has 0 spiro atoms. The minimum atomic E-state index is -0.765. The van der Waals surface area contributed by atoms with Crippen molar-refractivity contribution in [3.63, 3.8) is 0 Å². The Morgan fingerprint density at radius 3 is 2.14 bits per heavy atom. The maximum Gasteiger partial charge on any atom is 0.321 e. The minimum absolute atomic E-state index is 0.0303. The van der Waals surface area contributed by atoms with E-state index in [0.29, 0.717) is 41.9 Å². The second-order valence-corrected chi connectivity index (χ2v) is 10.6. The van der Waals surface area contributed by atoms with Gasteiger partial charge in [-0.05, 0) is 92.1 Å². The first-order valence-electron chi connectivity index (χ1n) is 12.0. The molecular formula is C27H29Cl3N2O3. The fraction of sp³-hybridized carbons (Fsp3) is 0.407. The number of hydrogen-bond acceptors (Lipinski definition) is 3. The standard InChI is InChI=1S/C27H29Cl3N2O3/c28-22-5-3-19(4-6-22)20-9-15-32(16-10-20)26(27(34)35)21-11-13-31(14-12-21)25(33)8-2-18-1-7-23(29)24(30)17-18/h1-8,17,20-21,26H,9-16H2,(H,34,35). The van der Waals surface area contributed by atoms with Gasteiger partial charge in [0.2, 0.25) is 5.91 Å². The molecule has 0 bridgehead atoms. The van der Waals surface area contributed by atoms with Crippen molar-refractivity contribution in [2.45, 2.75) is 37.6 Å². The number of aliphatic carboxylic acids is 1. The Morgan fingerprint density at radius 1 is 0.886 bits per heavy atom. The molecule has 2 aromatic rings. The van der Waals surface area contributed by atoms with Crippen molar-refractivity contribution in [1.82, 2.24) is 9.80 Å². The molecular weight excluding hydrogens is 507 g/mol. The SMILES string of the molecule is O=C(O)C(C1CCN(C(=O)C=Cc2ccc(Cl)c(Cl)c2)CC1)N1CCC(c2ccc(Cl)cc2)CC1. The van der Waals surface area contributed by atoms with Crippen molar-refractivity contribution >= 4 is 52.8 Å². The molecule has 2 fully saturated rings. The van der Waals surface area contributed by atoms with Gasteiger partial charge in [-0.2, -0.15) is 0 Å². The minimum Gasteiger partial charge on any atom is -0.480 e. The van der Waals surface area contributed by atoms with Gasteiger partial charge in [-0.1, -0.05) is 53.0 Å². The second-order valence-electron chi connectivity index (χ2n) is 9.31. The lowest BCUT2D eigenvalue weighted by Crippen LogP contribution is -2.52. The van der Waals surface area contributed by atoms with Crippen LogP contribution >= 0.6 is 34.8 Å². The number of likely N-dealkylation sites (tertiary alicyclic amines) is 2. The summed E-state index contributed by atoms with van der Waals surface area (Å²) in [4.78, 5) is 28.8. The number of carbonyl (C=O) groups is 2. The summed E-state index contributed by atoms with van der Waals surface area (Å²) in [5.74, 6) is -0.383. The van der Waals surface area contributed by atoms with Gasteiger partial charge in [-0.25, -0.2) is 0 Å². The molecule has 1 unspecified atom stereocenters. The molecule has 2 saturated heterocycles. The average molecular weight is 536 g/mol. The van der Waals surface area contributed by atoms with Crippen LogP contribution in [0.2, 0.25) is 15.1 Å². The normalized spacial score (nSPS) is 19.2. The van der Waals surface area contributed by atoms with E-state index >= 15 is 0 Å². The smallest absolute Gasteiger partial charge is 0.321 e. The molecule has 8 heteroatoms. The highest BCUT2D eigenvalue weighted by Crippen LogP contribution is 2.33. The van der Waals surface area contributed by atoms with Crippen LogP contribution in [0.4, 0.5) is 0 Å². The summed E-state index contributed by atoms with van der Waals surface area (Å²) in [7, 11) is 0. The second kappa shape index (κ2) is 11.8. The Labute approximate surface area is 221 Å². The number of carboxylic acids is 1. The maximum absolute atomic E-state index is 12.7. The van der Waals surface area contributed by atoms with Crippen LogP contribution in [0.25, 0.3) is 6.08 Å². The number of nitrogens with zero attached hydrogens (tertiary/aromatic N) is 2. The first kappa shape index (κ1) is 26.0. The molecule has 186 valence electrons. The van der Waals surface area contributed by atoms with E-state index < -0.39 is 12.0 Å². The van der Waals surface area contributed by atoms with Gasteiger partial charge >= 0.3 is 5.97 Å². The third-order valence-corrected chi connectivity index (χ3v) is 8.17. The van der Waals surface area contributed by atoms with Crippen LogP contribution in [0, 0.1) is 5.92 Å². The van der Waals surface area contributed by atoms with Crippen LogP contribution in [0.1, 0.15) is 42.7 Å². The highest BCUT2D eigenvalue weighted by molar-refractivity contribution is 6.42. The molecule has 2 aromatic carbocycles. The van der Waals surface area contributed by atoms with E-state index in [1.807, 2.05) is 12.1 Å². The molecule has 1 amide bonds. The van der Waals surface area contributed by atoms with E-state index in [1.54, 1.807) is 29.2 Å². The molecule has 35 heavy (non-hydrogen) atoms. The molecule has 2 heterocycles. The number of amides is 1. The van der Waals surface area contributed by atoms with Crippen molar-refractivity contribution in [2.75, 3.05) is 26.2 Å². The van der Waals surface area contributed by atoms with E-state index in [4.69, 9.17) is 34.8 Å². The third kappa shape index (κ3) is 6.59. The summed E-state index contributed by atoms with van der Waals surface area (Å²) in [6, 6.07) is 12.7. The number of hydrogen-bond donors (Lipinski definition) is 1. The van der Waals surface area contributed by atoms with Crippen LogP contribution in [0.5, 0.6) is 0 Å². The average Bonchev–Trinajstić information content (AvgIpc) is 2.86. The van der Waals surface area contributed by atoms with Gasteiger partial charge in [0.1, 0.15) is 6.04 Å². The molecule has 0 aliphatic carbocycles. The number of halogens is 3. The Kier molecular flexibility index (Phi) is 8.77. The summed E-state index contributed by atoms with van der Waals surface area (Å²) < 4.78 is 0. The molecule has 1 atom stereocenters. The van der Waals surface area contributed by atoms with Gasteiger partial charge in [0.25, 0.3) is 0 Å². The van der Waals surface area contributed by atoms with Gasteiger partial charge in [-0.15, -0.1) is 0 Å². The topological polar surface area (TPSA) is 60.9 Å². The van der Waals surface area contributed by atoms with Crippen molar-refractivity contribution < 1.29 is 14.7 Å². The number of carboxylic acid groups (broad SMARTS) is 1. The van der Waals surface area contributed by atoms with E-state index in [-0.39, 0.29) is 11.8 Å². The molecule has 1 N–H and O–H groups in total. The largest absolute Gasteiger partial charge is 0.480 e. The quantitative estimate of drug-likeness (QED) is 0.445. The predicted octanol–water partition coefficient (Wildman–Crippen LogP) is 6.23. The summed E-state index contributed by atoms with van der Waals surface area (Å²) in [5, 5.41) is 11.7. The number of benzene rings is 2. The first-order valence-corrected chi connectivity index (χ1v) is 13.1. The lowest BCUT2D eigenvalue weighted by atomic mass is 9.84. The van der Waals surface area contributed by atoms with Crippen LogP contribution < -0.4 is 0 Å². The maximum atomic E-state index is 12.7. The molecule has 5 nitrogen and oxygen atoms in total. The fourth-order valence-corrected chi connectivity index (χ4v) is 5.66. The molecule has 2 aliphatic rings. The highest BCUT2D eigenvalue weighted by atomic mass is 35.5. The predicted molar refractivity (Wildman–Crippen MR) is 141 cm³/mol. The zero-order chi connectivity index (χ0) is 24.9. The Morgan fingerprint density at radius 2 is 1.54 bits per heavy atom. The highest BCUT2D eigenvalue weighted by Gasteiger charge is 2.38. The van der Waals surface area contributed by atoms with Crippen LogP contribution in [-0.2, 0) is 9.59 Å². The molecule has 0 radical (unpaired) electrons. The molecule has 0 saturated carbocycles. The summed E-state index contributed by atoms with van der Waals surface area (Å²) >= 11 is 18.0. The Hall–Kier alpha value is -2.05. The number of piperidine rings is 2. The number of rotatable bonds is 6. The van der Waals surface area contributed by atoms with Gasteiger partial charge in [0.15, 0.2) is 0 Å². The molecule has 0 aromatic heterocycles. The lowest BCUT2D eigenvalue weighted by molar-refractivity contribution is -0.147. The van der Waals surface area contributed by atoms with E-state index in [2.05, 4.69) is 17.0 Å². The van der Waals surface area contributed by atoms with Crippen LogP contribution in [0.3, 0.4) is 0 Å². The summed E-state index contributed by atoms with van der Waals surface area (Å²) in [6.07, 6.45) is 6.49. The Bertz CT molecular complexity index is 1070. The van der Waals surface area contributed by atoms with Crippen molar-refractivity contribution in [1.29, 1.82) is 0 Å². The molecule has 4 rings (SSSR count). The fourth-order valence-electron chi connectivity index (χ4n) is 5.23. The van der Waals surface area contributed by atoms with E-state index in [9.17, 15) is 14.7 Å². The van der Waals surface area contributed by atoms with E-state index in [0.717, 1.165) is 36.5 Å². The summed E-state index contributed by atoms with van der Waals surface area (Å²) in [5.41, 5.74) is 2.07.